The number of aromatic amines is 1. The molecule has 2 heterocycles. The molecule has 0 saturated heterocycles. The van der Waals surface area contributed by atoms with Crippen LogP contribution in [-0.2, 0) is 6.54 Å². The molecule has 4 aromatic rings. The van der Waals surface area contributed by atoms with Crippen molar-refractivity contribution in [3.05, 3.63) is 72.4 Å². The van der Waals surface area contributed by atoms with Gasteiger partial charge in [0, 0.05) is 23.3 Å². The number of hydrogen-bond acceptors (Lipinski definition) is 2. The van der Waals surface area contributed by atoms with Crippen LogP contribution < -0.4 is 0 Å². The van der Waals surface area contributed by atoms with Crippen LogP contribution in [0.3, 0.4) is 0 Å². The Labute approximate surface area is 133 Å². The van der Waals surface area contributed by atoms with Gasteiger partial charge >= 0.3 is 0 Å². The smallest absolute Gasteiger partial charge is 0.202 e. The van der Waals surface area contributed by atoms with Gasteiger partial charge in [-0.2, -0.15) is 0 Å². The molecule has 4 nitrogen and oxygen atoms in total. The van der Waals surface area contributed by atoms with E-state index in [1.807, 2.05) is 60.8 Å². The average Bonchev–Trinajstić information content (AvgIpc) is 3.15. The van der Waals surface area contributed by atoms with E-state index in [4.69, 9.17) is 0 Å². The highest BCUT2D eigenvalue weighted by Crippen LogP contribution is 2.37. The highest BCUT2D eigenvalue weighted by Gasteiger charge is 2.16. The predicted molar refractivity (Wildman–Crippen MR) is 90.6 cm³/mol. The molecule has 4 heteroatoms. The fraction of sp³-hybridized carbons (Fsp3) is 0.0526. The van der Waals surface area contributed by atoms with Crippen LogP contribution in [-0.4, -0.2) is 19.8 Å². The van der Waals surface area contributed by atoms with Crippen molar-refractivity contribution in [3.63, 3.8) is 0 Å². The third kappa shape index (κ3) is 2.34. The summed E-state index contributed by atoms with van der Waals surface area (Å²) in [6.07, 6.45) is 1.88. The number of nitrogens with zero attached hydrogens (tertiary/aromatic N) is 1. The summed E-state index contributed by atoms with van der Waals surface area (Å²) in [7, 11) is 0. The summed E-state index contributed by atoms with van der Waals surface area (Å²) in [5.41, 5.74) is 3.49. The molecule has 0 aliphatic rings. The summed E-state index contributed by atoms with van der Waals surface area (Å²) in [5, 5.41) is 21.9. The van der Waals surface area contributed by atoms with Crippen LogP contribution in [0.25, 0.3) is 22.0 Å². The van der Waals surface area contributed by atoms with Gasteiger partial charge < -0.3 is 15.2 Å². The Morgan fingerprint density at radius 3 is 2.57 bits per heavy atom. The molecule has 3 N–H and O–H groups in total. The molecule has 0 atom stereocenters. The van der Waals surface area contributed by atoms with E-state index in [0.717, 1.165) is 22.0 Å². The van der Waals surface area contributed by atoms with E-state index in [2.05, 4.69) is 4.98 Å². The molecule has 0 spiro atoms. The van der Waals surface area contributed by atoms with Crippen LogP contribution in [0, 0.1) is 0 Å². The lowest BCUT2D eigenvalue weighted by molar-refractivity contribution is 0.378. The molecule has 0 saturated carbocycles. The number of H-pyrrole nitrogens is 1. The summed E-state index contributed by atoms with van der Waals surface area (Å²) in [4.78, 5) is 3.16. The third-order valence-electron chi connectivity index (χ3n) is 4.10. The van der Waals surface area contributed by atoms with Crippen molar-refractivity contribution in [2.75, 3.05) is 0 Å². The third-order valence-corrected chi connectivity index (χ3v) is 4.10. The Balaban J connectivity index is 1.76. The molecular formula is C19H16N2O2. The van der Waals surface area contributed by atoms with Gasteiger partial charge in [-0.1, -0.05) is 42.5 Å². The van der Waals surface area contributed by atoms with Crippen molar-refractivity contribution in [2.45, 2.75) is 6.54 Å². The largest absolute Gasteiger partial charge is 0.494 e. The van der Waals surface area contributed by atoms with Crippen LogP contribution in [0.2, 0.25) is 0 Å². The van der Waals surface area contributed by atoms with Crippen molar-refractivity contribution in [1.29, 1.82) is 0 Å². The molecule has 23 heavy (non-hydrogen) atoms. The van der Waals surface area contributed by atoms with Crippen molar-refractivity contribution < 1.29 is 10.2 Å². The maximum atomic E-state index is 10.5. The normalized spacial score (nSPS) is 11.1. The van der Waals surface area contributed by atoms with Gasteiger partial charge in [0.1, 0.15) is 0 Å². The molecule has 0 unspecified atom stereocenters. The molecule has 0 fully saturated rings. The number of rotatable bonds is 3. The zero-order valence-electron chi connectivity index (χ0n) is 12.4. The number of hydrogen-bond donors (Lipinski definition) is 3. The monoisotopic (exact) mass is 304 g/mol. The topological polar surface area (TPSA) is 61.2 Å². The summed E-state index contributed by atoms with van der Waals surface area (Å²) in [5.74, 6) is 0.116. The van der Waals surface area contributed by atoms with E-state index < -0.39 is 0 Å². The molecule has 0 aliphatic heterocycles. The maximum Gasteiger partial charge on any atom is 0.202 e. The van der Waals surface area contributed by atoms with Crippen molar-refractivity contribution in [1.82, 2.24) is 9.55 Å². The van der Waals surface area contributed by atoms with E-state index in [0.29, 0.717) is 12.1 Å². The summed E-state index contributed by atoms with van der Waals surface area (Å²) < 4.78 is 1.50. The SMILES string of the molecule is Oc1cc(-c2ccc3cc[nH]c3c2)c(O)n1Cc1ccccc1. The van der Waals surface area contributed by atoms with E-state index in [1.54, 1.807) is 6.07 Å². The molecule has 2 aromatic heterocycles. The van der Waals surface area contributed by atoms with Crippen LogP contribution in [0.4, 0.5) is 0 Å². The second kappa shape index (κ2) is 5.25. The minimum Gasteiger partial charge on any atom is -0.494 e. The number of fused-ring (bicyclic) bond motifs is 1. The first-order valence-electron chi connectivity index (χ1n) is 7.45. The van der Waals surface area contributed by atoms with Crippen molar-refractivity contribution in [3.8, 4) is 22.9 Å². The number of aromatic nitrogens is 2. The van der Waals surface area contributed by atoms with Crippen LogP contribution in [0.15, 0.2) is 66.9 Å². The van der Waals surface area contributed by atoms with E-state index >= 15 is 0 Å². The van der Waals surface area contributed by atoms with Crippen molar-refractivity contribution in [2.24, 2.45) is 0 Å². The quantitative estimate of drug-likeness (QED) is 0.534. The lowest BCUT2D eigenvalue weighted by Crippen LogP contribution is -1.98. The fourth-order valence-electron chi connectivity index (χ4n) is 2.88. The maximum absolute atomic E-state index is 10.5. The lowest BCUT2D eigenvalue weighted by atomic mass is 10.1. The average molecular weight is 304 g/mol. The number of aromatic hydroxyl groups is 2. The molecule has 0 radical (unpaired) electrons. The van der Waals surface area contributed by atoms with Gasteiger partial charge in [-0.05, 0) is 28.6 Å². The summed E-state index contributed by atoms with van der Waals surface area (Å²) in [6, 6.07) is 19.2. The molecular weight excluding hydrogens is 288 g/mol. The predicted octanol–water partition coefficient (Wildman–Crippen LogP) is 4.10. The van der Waals surface area contributed by atoms with Crippen LogP contribution in [0.5, 0.6) is 11.8 Å². The number of benzene rings is 2. The molecule has 0 bridgehead atoms. The number of nitrogens with one attached hydrogen (secondary N) is 1. The summed E-state index contributed by atoms with van der Waals surface area (Å²) >= 11 is 0. The van der Waals surface area contributed by atoms with Gasteiger partial charge in [-0.15, -0.1) is 0 Å². The van der Waals surface area contributed by atoms with E-state index in [-0.39, 0.29) is 11.8 Å². The molecule has 114 valence electrons. The highest BCUT2D eigenvalue weighted by atomic mass is 16.3. The van der Waals surface area contributed by atoms with E-state index in [1.165, 1.54) is 4.57 Å². The van der Waals surface area contributed by atoms with E-state index in [9.17, 15) is 10.2 Å². The molecule has 4 rings (SSSR count). The molecule has 0 amide bonds. The summed E-state index contributed by atoms with van der Waals surface area (Å²) in [6.45, 7) is 0.420. The Kier molecular flexibility index (Phi) is 3.08. The van der Waals surface area contributed by atoms with Gasteiger partial charge in [0.25, 0.3) is 0 Å². The fourth-order valence-corrected chi connectivity index (χ4v) is 2.88. The van der Waals surface area contributed by atoms with Gasteiger partial charge in [0.15, 0.2) is 5.88 Å². The minimum absolute atomic E-state index is 0.0490. The van der Waals surface area contributed by atoms with Gasteiger partial charge in [0.2, 0.25) is 5.88 Å². The zero-order chi connectivity index (χ0) is 15.8. The van der Waals surface area contributed by atoms with Crippen LogP contribution >= 0.6 is 0 Å². The first kappa shape index (κ1) is 13.5. The van der Waals surface area contributed by atoms with Gasteiger partial charge in [-0.25, -0.2) is 0 Å². The Morgan fingerprint density at radius 1 is 0.913 bits per heavy atom. The standard InChI is InChI=1S/C19H16N2O2/c22-18-11-16(15-7-6-14-8-9-20-17(14)10-15)19(23)21(18)12-13-4-2-1-3-5-13/h1-11,20,22-23H,12H2. The Bertz CT molecular complexity index is 968. The highest BCUT2D eigenvalue weighted by molar-refractivity contribution is 5.86. The Morgan fingerprint density at radius 2 is 1.74 bits per heavy atom. The molecule has 2 aromatic carbocycles. The lowest BCUT2D eigenvalue weighted by Gasteiger charge is -2.07. The minimum atomic E-state index is 0.0490. The second-order valence-corrected chi connectivity index (χ2v) is 5.59. The first-order valence-corrected chi connectivity index (χ1v) is 7.45. The van der Waals surface area contributed by atoms with Crippen molar-refractivity contribution >= 4 is 10.9 Å². The first-order chi connectivity index (χ1) is 11.2. The van der Waals surface area contributed by atoms with Gasteiger partial charge in [0.05, 0.1) is 6.54 Å². The van der Waals surface area contributed by atoms with Crippen LogP contribution in [0.1, 0.15) is 5.56 Å². The second-order valence-electron chi connectivity index (χ2n) is 5.59. The Hall–Kier alpha value is -3.14. The molecule has 0 aliphatic carbocycles. The zero-order valence-corrected chi connectivity index (χ0v) is 12.4. The van der Waals surface area contributed by atoms with Gasteiger partial charge in [-0.3, -0.25) is 4.57 Å².